The van der Waals surface area contributed by atoms with Crippen LogP contribution in [0.15, 0.2) is 12.1 Å². The average Bonchev–Trinajstić information content (AvgIpc) is 1.98. The predicted octanol–water partition coefficient (Wildman–Crippen LogP) is 2.80. The van der Waals surface area contributed by atoms with Crippen molar-refractivity contribution in [2.75, 3.05) is 0 Å². The van der Waals surface area contributed by atoms with Gasteiger partial charge in [-0.3, -0.25) is 0 Å². The predicted molar refractivity (Wildman–Crippen MR) is 53.3 cm³/mol. The van der Waals surface area contributed by atoms with Gasteiger partial charge in [-0.05, 0) is 51.0 Å². The molecule has 2 heteroatoms. The second-order valence-electron chi connectivity index (χ2n) is 3.57. The zero-order chi connectivity index (χ0) is 10.0. The van der Waals surface area contributed by atoms with E-state index in [0.29, 0.717) is 5.75 Å². The Bertz CT molecular complexity index is 280. The van der Waals surface area contributed by atoms with Crippen LogP contribution in [0.25, 0.3) is 0 Å². The lowest BCUT2D eigenvalue weighted by molar-refractivity contribution is 0.242. The summed E-state index contributed by atoms with van der Waals surface area (Å²) in [7, 11) is 0. The lowest BCUT2D eigenvalue weighted by Crippen LogP contribution is -2.05. The van der Waals surface area contributed by atoms with Crippen LogP contribution in [-0.2, 0) is 0 Å². The van der Waals surface area contributed by atoms with Crippen molar-refractivity contribution in [3.05, 3.63) is 23.3 Å². The van der Waals surface area contributed by atoms with Crippen LogP contribution in [0.4, 0.5) is 0 Å². The van der Waals surface area contributed by atoms with Crippen LogP contribution in [0.5, 0.6) is 11.5 Å². The second-order valence-corrected chi connectivity index (χ2v) is 3.57. The number of aryl methyl sites for hydroxylation is 2. The Labute approximate surface area is 79.2 Å². The third-order valence-corrected chi connectivity index (χ3v) is 1.84. The molecular formula is C11H16O2. The molecule has 72 valence electrons. The van der Waals surface area contributed by atoms with Gasteiger partial charge >= 0.3 is 0 Å². The summed E-state index contributed by atoms with van der Waals surface area (Å²) in [6, 6.07) is 3.70. The minimum absolute atomic E-state index is 0.170. The molecule has 0 radical (unpaired) electrons. The summed E-state index contributed by atoms with van der Waals surface area (Å²) in [5, 5.41) is 9.51. The smallest absolute Gasteiger partial charge is 0.121 e. The molecule has 2 nitrogen and oxygen atoms in total. The first kappa shape index (κ1) is 9.90. The maximum atomic E-state index is 9.51. The van der Waals surface area contributed by atoms with Gasteiger partial charge in [0, 0.05) is 0 Å². The summed E-state index contributed by atoms with van der Waals surface area (Å²) in [6.07, 6.45) is 0.170. The Morgan fingerprint density at radius 1 is 1.15 bits per heavy atom. The first-order valence-corrected chi connectivity index (χ1v) is 4.47. The van der Waals surface area contributed by atoms with E-state index in [-0.39, 0.29) is 6.10 Å². The monoisotopic (exact) mass is 180 g/mol. The number of rotatable bonds is 2. The Morgan fingerprint density at radius 3 is 2.00 bits per heavy atom. The van der Waals surface area contributed by atoms with E-state index in [9.17, 15) is 5.11 Å². The molecule has 0 aliphatic rings. The highest BCUT2D eigenvalue weighted by Crippen LogP contribution is 2.27. The fourth-order valence-electron chi connectivity index (χ4n) is 1.26. The average molecular weight is 180 g/mol. The Morgan fingerprint density at radius 2 is 1.62 bits per heavy atom. The third-order valence-electron chi connectivity index (χ3n) is 1.84. The minimum Gasteiger partial charge on any atom is -0.507 e. The van der Waals surface area contributed by atoms with Crippen LogP contribution in [0.3, 0.4) is 0 Å². The summed E-state index contributed by atoms with van der Waals surface area (Å²) in [5.74, 6) is 1.18. The van der Waals surface area contributed by atoms with Crippen molar-refractivity contribution < 1.29 is 9.84 Å². The van der Waals surface area contributed by atoms with E-state index in [1.165, 1.54) is 0 Å². The molecule has 0 saturated heterocycles. The van der Waals surface area contributed by atoms with Gasteiger partial charge in [-0.25, -0.2) is 0 Å². The van der Waals surface area contributed by atoms with E-state index >= 15 is 0 Å². The van der Waals surface area contributed by atoms with E-state index in [1.54, 1.807) is 0 Å². The quantitative estimate of drug-likeness (QED) is 0.758. The maximum Gasteiger partial charge on any atom is 0.121 e. The van der Waals surface area contributed by atoms with Crippen molar-refractivity contribution in [2.45, 2.75) is 33.8 Å². The summed E-state index contributed by atoms with van der Waals surface area (Å²) < 4.78 is 5.52. The van der Waals surface area contributed by atoms with Crippen LogP contribution < -0.4 is 4.74 Å². The number of hydrogen-bond donors (Lipinski definition) is 1. The van der Waals surface area contributed by atoms with Gasteiger partial charge in [0.1, 0.15) is 11.5 Å². The fourth-order valence-corrected chi connectivity index (χ4v) is 1.26. The van der Waals surface area contributed by atoms with Gasteiger partial charge in [-0.15, -0.1) is 0 Å². The second kappa shape index (κ2) is 3.69. The molecule has 13 heavy (non-hydrogen) atoms. The molecule has 1 aromatic rings. The molecule has 0 aromatic heterocycles. The summed E-state index contributed by atoms with van der Waals surface area (Å²) in [6.45, 7) is 7.71. The highest BCUT2D eigenvalue weighted by molar-refractivity contribution is 5.44. The molecule has 0 fully saturated rings. The fraction of sp³-hybridized carbons (Fsp3) is 0.455. The standard InChI is InChI=1S/C11H16O2/c1-7(2)13-10-5-8(3)11(12)9(4)6-10/h5-7,12H,1-4H3. The van der Waals surface area contributed by atoms with Gasteiger partial charge in [0.25, 0.3) is 0 Å². The highest BCUT2D eigenvalue weighted by Gasteiger charge is 2.04. The number of benzene rings is 1. The molecule has 0 spiro atoms. The van der Waals surface area contributed by atoms with Gasteiger partial charge in [0.05, 0.1) is 6.10 Å². The lowest BCUT2D eigenvalue weighted by Gasteiger charge is -2.12. The molecule has 0 heterocycles. The maximum absolute atomic E-state index is 9.51. The van der Waals surface area contributed by atoms with E-state index in [4.69, 9.17) is 4.74 Å². The Hall–Kier alpha value is -1.18. The van der Waals surface area contributed by atoms with Crippen LogP contribution >= 0.6 is 0 Å². The highest BCUT2D eigenvalue weighted by atomic mass is 16.5. The van der Waals surface area contributed by atoms with Crippen molar-refractivity contribution in [2.24, 2.45) is 0 Å². The molecular weight excluding hydrogens is 164 g/mol. The normalized spacial score (nSPS) is 10.5. The molecule has 0 aliphatic carbocycles. The van der Waals surface area contributed by atoms with Gasteiger partial charge in [-0.2, -0.15) is 0 Å². The Kier molecular flexibility index (Phi) is 2.81. The molecule has 0 amide bonds. The molecule has 0 saturated carbocycles. The Balaban J connectivity index is 2.99. The van der Waals surface area contributed by atoms with E-state index < -0.39 is 0 Å². The summed E-state index contributed by atoms with van der Waals surface area (Å²) >= 11 is 0. The van der Waals surface area contributed by atoms with Crippen molar-refractivity contribution >= 4 is 0 Å². The zero-order valence-corrected chi connectivity index (χ0v) is 8.59. The SMILES string of the molecule is Cc1cc(OC(C)C)cc(C)c1O. The number of aromatic hydroxyl groups is 1. The first-order valence-electron chi connectivity index (χ1n) is 4.47. The molecule has 0 atom stereocenters. The molecule has 0 unspecified atom stereocenters. The summed E-state index contributed by atoms with van der Waals surface area (Å²) in [5.41, 5.74) is 1.71. The lowest BCUT2D eigenvalue weighted by atomic mass is 10.1. The van der Waals surface area contributed by atoms with Gasteiger partial charge in [0.15, 0.2) is 0 Å². The van der Waals surface area contributed by atoms with E-state index in [2.05, 4.69) is 0 Å². The van der Waals surface area contributed by atoms with Crippen molar-refractivity contribution in [1.82, 2.24) is 0 Å². The zero-order valence-electron chi connectivity index (χ0n) is 8.59. The largest absolute Gasteiger partial charge is 0.507 e. The van der Waals surface area contributed by atoms with Crippen molar-refractivity contribution in [3.63, 3.8) is 0 Å². The topological polar surface area (TPSA) is 29.5 Å². The van der Waals surface area contributed by atoms with Gasteiger partial charge < -0.3 is 9.84 Å². The van der Waals surface area contributed by atoms with Crippen LogP contribution in [0.2, 0.25) is 0 Å². The molecule has 0 bridgehead atoms. The molecule has 0 aliphatic heterocycles. The van der Waals surface area contributed by atoms with E-state index in [0.717, 1.165) is 16.9 Å². The van der Waals surface area contributed by atoms with Gasteiger partial charge in [0.2, 0.25) is 0 Å². The number of phenolic OH excluding ortho intramolecular Hbond substituents is 1. The number of ether oxygens (including phenoxy) is 1. The number of hydrogen-bond acceptors (Lipinski definition) is 2. The number of phenols is 1. The van der Waals surface area contributed by atoms with Crippen LogP contribution in [0.1, 0.15) is 25.0 Å². The minimum atomic E-state index is 0.170. The van der Waals surface area contributed by atoms with Crippen molar-refractivity contribution in [1.29, 1.82) is 0 Å². The molecule has 1 N–H and O–H groups in total. The first-order chi connectivity index (χ1) is 6.00. The van der Waals surface area contributed by atoms with Gasteiger partial charge in [-0.1, -0.05) is 0 Å². The third kappa shape index (κ3) is 2.38. The molecule has 1 rings (SSSR count). The molecule has 1 aromatic carbocycles. The van der Waals surface area contributed by atoms with Crippen LogP contribution in [-0.4, -0.2) is 11.2 Å². The van der Waals surface area contributed by atoms with E-state index in [1.807, 2.05) is 39.8 Å². The van der Waals surface area contributed by atoms with Crippen molar-refractivity contribution in [3.8, 4) is 11.5 Å². The summed E-state index contributed by atoms with van der Waals surface area (Å²) in [4.78, 5) is 0. The van der Waals surface area contributed by atoms with Crippen LogP contribution in [0, 0.1) is 13.8 Å².